The number of amides is 1. The Kier molecular flexibility index (Phi) is 6.80. The molecule has 124 valence electrons. The zero-order chi connectivity index (χ0) is 15.3. The van der Waals surface area contributed by atoms with E-state index in [9.17, 15) is 13.2 Å². The van der Waals surface area contributed by atoms with Gasteiger partial charge in [0.2, 0.25) is 15.9 Å². The third-order valence-electron chi connectivity index (χ3n) is 3.70. The van der Waals surface area contributed by atoms with Gasteiger partial charge in [0, 0.05) is 13.1 Å². The van der Waals surface area contributed by atoms with Crippen molar-refractivity contribution in [1.29, 1.82) is 0 Å². The van der Waals surface area contributed by atoms with E-state index in [1.165, 1.54) is 12.1 Å². The molecule has 0 bridgehead atoms. The van der Waals surface area contributed by atoms with E-state index in [2.05, 4.69) is 10.0 Å². The van der Waals surface area contributed by atoms with Crippen LogP contribution in [-0.2, 0) is 14.8 Å². The van der Waals surface area contributed by atoms with Gasteiger partial charge in [-0.25, -0.2) is 13.1 Å². The zero-order valence-corrected chi connectivity index (χ0v) is 13.9. The van der Waals surface area contributed by atoms with Gasteiger partial charge >= 0.3 is 0 Å². The van der Waals surface area contributed by atoms with Crippen LogP contribution in [0.15, 0.2) is 35.2 Å². The molecule has 6 nitrogen and oxygen atoms in total. The number of sulfonamides is 1. The number of nitrogens with two attached hydrogens (primary N) is 1. The Morgan fingerprint density at radius 3 is 2.32 bits per heavy atom. The molecule has 1 aromatic carbocycles. The Bertz CT molecular complexity index is 587. The first-order chi connectivity index (χ1) is 9.94. The van der Waals surface area contributed by atoms with Crippen molar-refractivity contribution < 1.29 is 13.2 Å². The highest BCUT2D eigenvalue weighted by atomic mass is 35.5. The Balaban J connectivity index is 0.00000242. The Morgan fingerprint density at radius 2 is 1.73 bits per heavy atom. The maximum absolute atomic E-state index is 11.9. The summed E-state index contributed by atoms with van der Waals surface area (Å²) in [5.74, 6) is -0.195. The average molecular weight is 348 g/mol. The first kappa shape index (κ1) is 18.9. The summed E-state index contributed by atoms with van der Waals surface area (Å²) in [6, 6.07) is 8.12. The Morgan fingerprint density at radius 1 is 1.14 bits per heavy atom. The van der Waals surface area contributed by atoms with Crippen LogP contribution in [0, 0.1) is 0 Å². The standard InChI is InChI=1S/C14H21N3O3S.ClH/c15-14(8-4-5-9-14)13(18)16-10-11-17-21(19,20)12-6-2-1-3-7-12;/h1-3,6-7,17H,4-5,8-11,15H2,(H,16,18);1H. The van der Waals surface area contributed by atoms with Crippen LogP contribution in [-0.4, -0.2) is 33.0 Å². The summed E-state index contributed by atoms with van der Waals surface area (Å²) < 4.78 is 26.3. The first-order valence-corrected chi connectivity index (χ1v) is 8.54. The van der Waals surface area contributed by atoms with E-state index < -0.39 is 15.6 Å². The van der Waals surface area contributed by atoms with Crippen molar-refractivity contribution >= 4 is 28.3 Å². The van der Waals surface area contributed by atoms with Gasteiger partial charge in [-0.3, -0.25) is 4.79 Å². The van der Waals surface area contributed by atoms with Crippen LogP contribution in [0.4, 0.5) is 0 Å². The topological polar surface area (TPSA) is 101 Å². The minimum absolute atomic E-state index is 0. The molecule has 22 heavy (non-hydrogen) atoms. The van der Waals surface area contributed by atoms with E-state index in [0.717, 1.165) is 12.8 Å². The summed E-state index contributed by atoms with van der Waals surface area (Å²) >= 11 is 0. The lowest BCUT2D eigenvalue weighted by atomic mass is 9.98. The van der Waals surface area contributed by atoms with Crippen molar-refractivity contribution in [1.82, 2.24) is 10.0 Å². The largest absolute Gasteiger partial charge is 0.353 e. The fraction of sp³-hybridized carbons (Fsp3) is 0.500. The molecule has 1 aliphatic carbocycles. The number of nitrogens with one attached hydrogen (secondary N) is 2. The van der Waals surface area contributed by atoms with E-state index >= 15 is 0 Å². The quantitative estimate of drug-likeness (QED) is 0.662. The van der Waals surface area contributed by atoms with Gasteiger partial charge in [0.05, 0.1) is 10.4 Å². The lowest BCUT2D eigenvalue weighted by Gasteiger charge is -2.22. The minimum Gasteiger partial charge on any atom is -0.353 e. The van der Waals surface area contributed by atoms with Crippen LogP contribution in [0.1, 0.15) is 25.7 Å². The molecule has 1 fully saturated rings. The number of benzene rings is 1. The SMILES string of the molecule is Cl.NC1(C(=O)NCCNS(=O)(=O)c2ccccc2)CCCC1. The molecule has 1 aromatic rings. The van der Waals surface area contributed by atoms with Crippen LogP contribution in [0.25, 0.3) is 0 Å². The Labute approximate surface area is 137 Å². The third kappa shape index (κ3) is 4.67. The summed E-state index contributed by atoms with van der Waals surface area (Å²) in [5.41, 5.74) is 5.23. The molecule has 0 spiro atoms. The molecule has 0 aliphatic heterocycles. The molecule has 8 heteroatoms. The van der Waals surface area contributed by atoms with Gasteiger partial charge in [-0.2, -0.15) is 0 Å². The van der Waals surface area contributed by atoms with Gasteiger partial charge in [0.15, 0.2) is 0 Å². The minimum atomic E-state index is -3.53. The molecular weight excluding hydrogens is 326 g/mol. The number of halogens is 1. The van der Waals surface area contributed by atoms with Gasteiger partial charge in [-0.15, -0.1) is 12.4 Å². The normalized spacial score (nSPS) is 16.8. The number of hydrogen-bond donors (Lipinski definition) is 3. The predicted octanol–water partition coefficient (Wildman–Crippen LogP) is 0.774. The summed E-state index contributed by atoms with van der Waals surface area (Å²) in [4.78, 5) is 12.2. The van der Waals surface area contributed by atoms with Gasteiger partial charge < -0.3 is 11.1 Å². The smallest absolute Gasteiger partial charge is 0.240 e. The van der Waals surface area contributed by atoms with Gasteiger partial charge in [-0.05, 0) is 25.0 Å². The van der Waals surface area contributed by atoms with Crippen LogP contribution >= 0.6 is 12.4 Å². The van der Waals surface area contributed by atoms with Crippen LogP contribution in [0.3, 0.4) is 0 Å². The van der Waals surface area contributed by atoms with Gasteiger partial charge in [0.25, 0.3) is 0 Å². The van der Waals surface area contributed by atoms with Crippen molar-refractivity contribution in [2.24, 2.45) is 5.73 Å². The van der Waals surface area contributed by atoms with Crippen molar-refractivity contribution in [3.8, 4) is 0 Å². The summed E-state index contributed by atoms with van der Waals surface area (Å²) in [6.07, 6.45) is 3.30. The summed E-state index contributed by atoms with van der Waals surface area (Å²) in [7, 11) is -3.53. The number of carbonyl (C=O) groups is 1. The molecule has 1 saturated carbocycles. The maximum Gasteiger partial charge on any atom is 0.240 e. The van der Waals surface area contributed by atoms with Crippen LogP contribution in [0.5, 0.6) is 0 Å². The molecule has 0 heterocycles. The number of rotatable bonds is 6. The maximum atomic E-state index is 11.9. The predicted molar refractivity (Wildman–Crippen MR) is 87.3 cm³/mol. The zero-order valence-electron chi connectivity index (χ0n) is 12.2. The molecule has 1 aliphatic rings. The lowest BCUT2D eigenvalue weighted by Crippen LogP contribution is -2.53. The number of hydrogen-bond acceptors (Lipinski definition) is 4. The highest BCUT2D eigenvalue weighted by molar-refractivity contribution is 7.89. The second-order valence-electron chi connectivity index (χ2n) is 5.33. The van der Waals surface area contributed by atoms with Crippen LogP contribution in [0.2, 0.25) is 0 Å². The molecule has 0 unspecified atom stereocenters. The summed E-state index contributed by atoms with van der Waals surface area (Å²) in [5, 5.41) is 2.70. The van der Waals surface area contributed by atoms with Gasteiger partial charge in [0.1, 0.15) is 0 Å². The second kappa shape index (κ2) is 7.92. The van der Waals surface area contributed by atoms with E-state index in [1.54, 1.807) is 18.2 Å². The van der Waals surface area contributed by atoms with Crippen molar-refractivity contribution in [3.05, 3.63) is 30.3 Å². The molecule has 0 saturated heterocycles. The average Bonchev–Trinajstić information content (AvgIpc) is 2.92. The molecule has 0 radical (unpaired) electrons. The summed E-state index contributed by atoms with van der Waals surface area (Å²) in [6.45, 7) is 0.364. The van der Waals surface area contributed by atoms with Crippen molar-refractivity contribution in [2.75, 3.05) is 13.1 Å². The molecule has 2 rings (SSSR count). The van der Waals surface area contributed by atoms with Crippen LogP contribution < -0.4 is 15.8 Å². The van der Waals surface area contributed by atoms with E-state index in [-0.39, 0.29) is 36.3 Å². The fourth-order valence-electron chi connectivity index (χ4n) is 2.45. The third-order valence-corrected chi connectivity index (χ3v) is 5.18. The molecular formula is C14H22ClN3O3S. The van der Waals surface area contributed by atoms with Gasteiger partial charge in [-0.1, -0.05) is 31.0 Å². The molecule has 4 N–H and O–H groups in total. The van der Waals surface area contributed by atoms with E-state index in [4.69, 9.17) is 5.73 Å². The second-order valence-corrected chi connectivity index (χ2v) is 7.10. The van der Waals surface area contributed by atoms with Crippen molar-refractivity contribution in [2.45, 2.75) is 36.1 Å². The van der Waals surface area contributed by atoms with E-state index in [0.29, 0.717) is 12.8 Å². The number of carbonyl (C=O) groups excluding carboxylic acids is 1. The fourth-order valence-corrected chi connectivity index (χ4v) is 3.51. The molecule has 1 amide bonds. The van der Waals surface area contributed by atoms with Crippen molar-refractivity contribution in [3.63, 3.8) is 0 Å². The first-order valence-electron chi connectivity index (χ1n) is 7.06. The Hall–Kier alpha value is -1.15. The molecule has 0 aromatic heterocycles. The highest BCUT2D eigenvalue weighted by Crippen LogP contribution is 2.26. The monoisotopic (exact) mass is 347 g/mol. The van der Waals surface area contributed by atoms with E-state index in [1.807, 2.05) is 0 Å². The molecule has 0 atom stereocenters. The lowest BCUT2D eigenvalue weighted by molar-refractivity contribution is -0.126. The highest BCUT2D eigenvalue weighted by Gasteiger charge is 2.36.